The number of piperidine rings is 1. The molecular weight excluding hydrogens is 443 g/mol. The molecule has 0 aromatic heterocycles. The van der Waals surface area contributed by atoms with Crippen LogP contribution in [0.5, 0.6) is 5.75 Å². The number of rotatable bonds is 7. The lowest BCUT2D eigenvalue weighted by atomic mass is 9.70. The van der Waals surface area contributed by atoms with Gasteiger partial charge in [0, 0.05) is 25.2 Å². The van der Waals surface area contributed by atoms with E-state index >= 15 is 0 Å². The van der Waals surface area contributed by atoms with E-state index in [0.717, 1.165) is 37.1 Å². The summed E-state index contributed by atoms with van der Waals surface area (Å²) in [5, 5.41) is 9.67. The molecule has 1 saturated carbocycles. The molecule has 3 fully saturated rings. The smallest absolute Gasteiger partial charge is 0.253 e. The number of ether oxygens (including phenoxy) is 1. The molecule has 1 amide bonds. The molecule has 1 atom stereocenters. The average Bonchev–Trinajstić information content (AvgIpc) is 3.29. The highest BCUT2D eigenvalue weighted by Crippen LogP contribution is 2.41. The minimum atomic E-state index is -0.435. The Morgan fingerprint density at radius 1 is 1.06 bits per heavy atom. The number of hydrogen-bond acceptors (Lipinski definition) is 4. The molecule has 0 radical (unpaired) electrons. The Balaban J connectivity index is 1.12. The number of benzene rings is 2. The Labute approximate surface area is 207 Å². The molecule has 0 unspecified atom stereocenters. The fourth-order valence-electron chi connectivity index (χ4n) is 5.71. The number of likely N-dealkylation sites (tertiary alicyclic amines) is 2. The van der Waals surface area contributed by atoms with Crippen LogP contribution in [0.4, 0.5) is 4.39 Å². The normalized spacial score (nSPS) is 22.7. The van der Waals surface area contributed by atoms with E-state index in [1.165, 1.54) is 31.9 Å². The van der Waals surface area contributed by atoms with E-state index in [2.05, 4.69) is 11.8 Å². The molecule has 1 aliphatic carbocycles. The van der Waals surface area contributed by atoms with E-state index in [9.17, 15) is 14.3 Å². The van der Waals surface area contributed by atoms with Crippen LogP contribution in [0.25, 0.3) is 11.1 Å². The fraction of sp³-hybridized carbons (Fsp3) is 0.552. The van der Waals surface area contributed by atoms with E-state index in [1.807, 2.05) is 18.2 Å². The number of halogens is 1. The zero-order valence-electron chi connectivity index (χ0n) is 20.7. The van der Waals surface area contributed by atoms with Gasteiger partial charge in [-0.15, -0.1) is 0 Å². The maximum atomic E-state index is 14.8. The van der Waals surface area contributed by atoms with Gasteiger partial charge in [0.25, 0.3) is 5.91 Å². The van der Waals surface area contributed by atoms with Gasteiger partial charge >= 0.3 is 0 Å². The Bertz CT molecular complexity index is 1030. The highest BCUT2D eigenvalue weighted by Gasteiger charge is 2.34. The molecule has 2 aliphatic heterocycles. The van der Waals surface area contributed by atoms with Gasteiger partial charge in [-0.2, -0.15) is 0 Å². The zero-order valence-corrected chi connectivity index (χ0v) is 20.7. The second-order valence-corrected chi connectivity index (χ2v) is 11.1. The predicted molar refractivity (Wildman–Crippen MR) is 135 cm³/mol. The molecule has 2 aromatic rings. The molecule has 3 aliphatic rings. The van der Waals surface area contributed by atoms with Crippen molar-refractivity contribution >= 4 is 5.91 Å². The topological polar surface area (TPSA) is 53.0 Å². The molecule has 5 nitrogen and oxygen atoms in total. The minimum Gasteiger partial charge on any atom is -0.490 e. The van der Waals surface area contributed by atoms with E-state index in [4.69, 9.17) is 4.74 Å². The number of carbonyl (C=O) groups excluding carboxylic acids is 1. The largest absolute Gasteiger partial charge is 0.490 e. The first-order valence-corrected chi connectivity index (χ1v) is 13.1. The second kappa shape index (κ2) is 10.3. The van der Waals surface area contributed by atoms with Crippen LogP contribution >= 0.6 is 0 Å². The molecule has 2 aromatic carbocycles. The Morgan fingerprint density at radius 2 is 1.77 bits per heavy atom. The van der Waals surface area contributed by atoms with Crippen LogP contribution in [-0.4, -0.2) is 66.2 Å². The summed E-state index contributed by atoms with van der Waals surface area (Å²) >= 11 is 0. The van der Waals surface area contributed by atoms with Gasteiger partial charge in [-0.1, -0.05) is 31.5 Å². The van der Waals surface area contributed by atoms with Gasteiger partial charge in [0.05, 0.1) is 12.7 Å². The van der Waals surface area contributed by atoms with Crippen LogP contribution in [0.3, 0.4) is 0 Å². The summed E-state index contributed by atoms with van der Waals surface area (Å²) in [5.41, 5.74) is 2.71. The van der Waals surface area contributed by atoms with Crippen molar-refractivity contribution in [2.45, 2.75) is 51.6 Å². The molecule has 2 heterocycles. The summed E-state index contributed by atoms with van der Waals surface area (Å²) in [6.07, 6.45) is 6.50. The number of aliphatic hydroxyl groups is 1. The first-order chi connectivity index (χ1) is 16.9. The van der Waals surface area contributed by atoms with E-state index in [1.54, 1.807) is 23.1 Å². The number of β-amino-alcohol motifs (C(OH)–C–C–N with tert-alkyl or cyclic N) is 1. The van der Waals surface area contributed by atoms with Crippen molar-refractivity contribution in [3.8, 4) is 16.9 Å². The van der Waals surface area contributed by atoms with E-state index in [0.29, 0.717) is 48.8 Å². The summed E-state index contributed by atoms with van der Waals surface area (Å²) in [6.45, 7) is 7.37. The maximum Gasteiger partial charge on any atom is 0.253 e. The van der Waals surface area contributed by atoms with Crippen molar-refractivity contribution in [2.24, 2.45) is 11.3 Å². The highest BCUT2D eigenvalue weighted by molar-refractivity contribution is 5.95. The van der Waals surface area contributed by atoms with Crippen molar-refractivity contribution in [2.75, 3.05) is 39.3 Å². The summed E-state index contributed by atoms with van der Waals surface area (Å²) in [6, 6.07) is 12.3. The zero-order chi connectivity index (χ0) is 24.4. The number of amides is 1. The average molecular weight is 481 g/mol. The third kappa shape index (κ3) is 5.70. The van der Waals surface area contributed by atoms with Crippen LogP contribution < -0.4 is 4.74 Å². The van der Waals surface area contributed by atoms with Crippen LogP contribution in [-0.2, 0) is 0 Å². The van der Waals surface area contributed by atoms with Crippen molar-refractivity contribution in [1.82, 2.24) is 9.80 Å². The lowest BCUT2D eigenvalue weighted by Gasteiger charge is -2.44. The van der Waals surface area contributed by atoms with Gasteiger partial charge in [0.1, 0.15) is 0 Å². The van der Waals surface area contributed by atoms with Crippen molar-refractivity contribution < 1.29 is 19.0 Å². The Morgan fingerprint density at radius 3 is 2.37 bits per heavy atom. The highest BCUT2D eigenvalue weighted by atomic mass is 19.1. The second-order valence-electron chi connectivity index (χ2n) is 11.1. The van der Waals surface area contributed by atoms with E-state index < -0.39 is 6.10 Å². The third-order valence-electron chi connectivity index (χ3n) is 8.20. The first kappa shape index (κ1) is 24.3. The number of nitrogens with zero attached hydrogens (tertiary/aromatic N) is 2. The summed E-state index contributed by atoms with van der Waals surface area (Å²) < 4.78 is 20.7. The Kier molecular flexibility index (Phi) is 7.12. The molecule has 5 rings (SSSR count). The summed E-state index contributed by atoms with van der Waals surface area (Å²) in [5.74, 6) is 0.342. The fourth-order valence-corrected chi connectivity index (χ4v) is 5.71. The number of aliphatic hydroxyl groups excluding tert-OH is 1. The first-order valence-electron chi connectivity index (χ1n) is 13.1. The molecule has 188 valence electrons. The van der Waals surface area contributed by atoms with Crippen LogP contribution in [0.15, 0.2) is 42.5 Å². The van der Waals surface area contributed by atoms with Crippen molar-refractivity contribution in [1.29, 1.82) is 0 Å². The van der Waals surface area contributed by atoms with Gasteiger partial charge in [-0.3, -0.25) is 4.79 Å². The van der Waals surface area contributed by atoms with Gasteiger partial charge in [0.15, 0.2) is 11.6 Å². The quantitative estimate of drug-likeness (QED) is 0.607. The third-order valence-corrected chi connectivity index (χ3v) is 8.20. The van der Waals surface area contributed by atoms with E-state index in [-0.39, 0.29) is 11.7 Å². The van der Waals surface area contributed by atoms with Crippen LogP contribution in [0.1, 0.15) is 55.8 Å². The molecular formula is C29H37FN2O3. The van der Waals surface area contributed by atoms with Crippen molar-refractivity contribution in [3.05, 3.63) is 53.8 Å². The number of hydrogen-bond donors (Lipinski definition) is 1. The molecule has 35 heavy (non-hydrogen) atoms. The molecule has 0 bridgehead atoms. The number of carbonyl (C=O) groups is 1. The maximum absolute atomic E-state index is 14.8. The van der Waals surface area contributed by atoms with Gasteiger partial charge in [-0.25, -0.2) is 4.39 Å². The monoisotopic (exact) mass is 480 g/mol. The minimum absolute atomic E-state index is 0.0777. The SMILES string of the molecule is CC1(CN2CCC(COc3ccc(-c4ccc(C(=O)N5CC[C@H](O)C5)cc4)cc3F)CC2)CCC1. The van der Waals surface area contributed by atoms with Crippen molar-refractivity contribution in [3.63, 3.8) is 0 Å². The lowest BCUT2D eigenvalue weighted by Crippen LogP contribution is -2.44. The van der Waals surface area contributed by atoms with Crippen LogP contribution in [0, 0.1) is 17.2 Å². The molecule has 6 heteroatoms. The molecule has 0 spiro atoms. The lowest BCUT2D eigenvalue weighted by molar-refractivity contribution is 0.0561. The Hall–Kier alpha value is -2.44. The van der Waals surface area contributed by atoms with Gasteiger partial charge < -0.3 is 19.6 Å². The standard InChI is InChI=1S/C29H37FN2O3/c1-29(12-2-13-29)20-31-14-9-21(10-15-31)19-35-27-8-7-24(17-26(27)30)22-3-5-23(6-4-22)28(34)32-16-11-25(33)18-32/h3-8,17,21,25,33H,2,9-16,18-20H2,1H3/t25-/m0/s1. The van der Waals surface area contributed by atoms with Gasteiger partial charge in [0.2, 0.25) is 0 Å². The van der Waals surface area contributed by atoms with Crippen LogP contribution in [0.2, 0.25) is 0 Å². The molecule has 2 saturated heterocycles. The molecule has 1 N–H and O–H groups in total. The predicted octanol–water partition coefficient (Wildman–Crippen LogP) is 4.98. The summed E-state index contributed by atoms with van der Waals surface area (Å²) in [4.78, 5) is 16.8. The summed E-state index contributed by atoms with van der Waals surface area (Å²) in [7, 11) is 0. The van der Waals surface area contributed by atoms with Gasteiger partial charge in [-0.05, 0) is 91.9 Å².